The smallest absolute Gasteiger partial charge is 0.0107 e. The van der Waals surface area contributed by atoms with Gasteiger partial charge in [-0.05, 0) is 31.1 Å². The second-order valence-corrected chi connectivity index (χ2v) is 7.58. The Balaban J connectivity index is 2.64. The molecule has 1 saturated carbocycles. The molecule has 1 aliphatic carbocycles. The first-order valence-corrected chi connectivity index (χ1v) is 7.65. The fourth-order valence-electron chi connectivity index (χ4n) is 3.50. The zero-order valence-electron chi connectivity index (χ0n) is 11.5. The van der Waals surface area contributed by atoms with E-state index in [0.29, 0.717) is 5.41 Å². The molecule has 1 aliphatic rings. The van der Waals surface area contributed by atoms with Crippen LogP contribution in [0.4, 0.5) is 0 Å². The normalized spacial score (nSPS) is 38.2. The van der Waals surface area contributed by atoms with E-state index in [2.05, 4.69) is 20.8 Å². The summed E-state index contributed by atoms with van der Waals surface area (Å²) in [5.41, 5.74) is 0.544. The fraction of sp³-hybridized carbons (Fsp3) is 1.00. The first kappa shape index (κ1) is 14.4. The summed E-state index contributed by atoms with van der Waals surface area (Å²) in [5, 5.41) is 0. The van der Waals surface area contributed by atoms with E-state index in [9.17, 15) is 0 Å². The number of hydrogen-bond acceptors (Lipinski definition) is 1. The summed E-state index contributed by atoms with van der Waals surface area (Å²) in [6, 6.07) is 0. The molecule has 0 bridgehead atoms. The van der Waals surface area contributed by atoms with Gasteiger partial charge in [0.05, 0.1) is 0 Å². The summed E-state index contributed by atoms with van der Waals surface area (Å²) >= 11 is 4.92. The van der Waals surface area contributed by atoms with Gasteiger partial charge >= 0.3 is 0 Å². The molecular weight excluding hydrogens is 212 g/mol. The molecule has 2 atom stereocenters. The molecule has 0 aromatic carbocycles. The molecule has 0 spiro atoms. The summed E-state index contributed by atoms with van der Waals surface area (Å²) in [6.45, 7) is 7.16. The van der Waals surface area contributed by atoms with E-state index >= 15 is 0 Å². The molecule has 1 fully saturated rings. The Morgan fingerprint density at radius 1 is 0.938 bits per heavy atom. The molecule has 1 heteroatoms. The van der Waals surface area contributed by atoms with Crippen LogP contribution in [0.1, 0.15) is 85.0 Å². The van der Waals surface area contributed by atoms with Gasteiger partial charge in [-0.25, -0.2) is 0 Å². The van der Waals surface area contributed by atoms with Crippen molar-refractivity contribution in [2.24, 2.45) is 5.41 Å². The molecule has 1 rings (SSSR count). The minimum Gasteiger partial charge on any atom is -0.173 e. The molecular formula is C15H30S. The van der Waals surface area contributed by atoms with Crippen LogP contribution in [0.5, 0.6) is 0 Å². The maximum atomic E-state index is 4.92. The van der Waals surface area contributed by atoms with Crippen LogP contribution in [-0.2, 0) is 0 Å². The van der Waals surface area contributed by atoms with Gasteiger partial charge in [0.1, 0.15) is 0 Å². The topological polar surface area (TPSA) is 0 Å². The lowest BCUT2D eigenvalue weighted by molar-refractivity contribution is 0.203. The van der Waals surface area contributed by atoms with Gasteiger partial charge < -0.3 is 0 Å². The molecule has 0 amide bonds. The monoisotopic (exact) mass is 242 g/mol. The molecule has 16 heavy (non-hydrogen) atoms. The van der Waals surface area contributed by atoms with E-state index in [4.69, 9.17) is 12.6 Å². The molecule has 0 nitrogen and oxygen atoms in total. The highest BCUT2D eigenvalue weighted by Crippen LogP contribution is 2.43. The molecule has 0 aromatic heterocycles. The third kappa shape index (κ3) is 5.12. The highest BCUT2D eigenvalue weighted by Gasteiger charge is 2.32. The molecule has 0 aromatic rings. The van der Waals surface area contributed by atoms with E-state index in [1.165, 1.54) is 64.2 Å². The van der Waals surface area contributed by atoms with Gasteiger partial charge in [-0.3, -0.25) is 0 Å². The maximum absolute atomic E-state index is 4.92. The average Bonchev–Trinajstić information content (AvgIpc) is 2.15. The maximum Gasteiger partial charge on any atom is 0.0107 e. The Labute approximate surface area is 108 Å². The molecule has 2 unspecified atom stereocenters. The first-order valence-electron chi connectivity index (χ1n) is 7.20. The van der Waals surface area contributed by atoms with Crippen LogP contribution in [0.3, 0.4) is 0 Å². The van der Waals surface area contributed by atoms with E-state index in [1.807, 2.05) is 0 Å². The van der Waals surface area contributed by atoms with E-state index < -0.39 is 0 Å². The molecule has 0 N–H and O–H groups in total. The largest absolute Gasteiger partial charge is 0.173 e. The van der Waals surface area contributed by atoms with Crippen LogP contribution in [0.25, 0.3) is 0 Å². The van der Waals surface area contributed by atoms with Crippen molar-refractivity contribution in [3.8, 4) is 0 Å². The van der Waals surface area contributed by atoms with Crippen molar-refractivity contribution < 1.29 is 0 Å². The Morgan fingerprint density at radius 3 is 2.12 bits per heavy atom. The lowest BCUT2D eigenvalue weighted by Gasteiger charge is -2.38. The second kappa shape index (κ2) is 6.33. The van der Waals surface area contributed by atoms with E-state index in [0.717, 1.165) is 0 Å². The van der Waals surface area contributed by atoms with Crippen molar-refractivity contribution in [2.75, 3.05) is 0 Å². The van der Waals surface area contributed by atoms with Crippen molar-refractivity contribution in [1.82, 2.24) is 0 Å². The summed E-state index contributed by atoms with van der Waals surface area (Å²) in [4.78, 5) is 0. The van der Waals surface area contributed by atoms with Gasteiger partial charge in [0.2, 0.25) is 0 Å². The van der Waals surface area contributed by atoms with Crippen molar-refractivity contribution in [2.45, 2.75) is 89.7 Å². The molecule has 0 saturated heterocycles. The molecule has 96 valence electrons. The van der Waals surface area contributed by atoms with Crippen LogP contribution < -0.4 is 0 Å². The second-order valence-electron chi connectivity index (χ2n) is 6.50. The average molecular weight is 242 g/mol. The Hall–Kier alpha value is 0.350. The van der Waals surface area contributed by atoms with Crippen molar-refractivity contribution in [3.05, 3.63) is 0 Å². The van der Waals surface area contributed by atoms with Crippen molar-refractivity contribution in [1.29, 1.82) is 0 Å². The standard InChI is InChI=1S/C15H30S/c1-4-10-14(2)11-8-6-5-7-9-12-15(3,16)13-14/h16H,4-13H2,1-3H3. The summed E-state index contributed by atoms with van der Waals surface area (Å²) in [5.74, 6) is 0. The number of thiol groups is 1. The zero-order chi connectivity index (χ0) is 12.1. The van der Waals surface area contributed by atoms with E-state index in [1.54, 1.807) is 0 Å². The predicted molar refractivity (Wildman–Crippen MR) is 77.3 cm³/mol. The number of hydrogen-bond donors (Lipinski definition) is 1. The minimum absolute atomic E-state index is 0.265. The fourth-order valence-corrected chi connectivity index (χ4v) is 4.04. The third-order valence-electron chi connectivity index (χ3n) is 4.16. The summed E-state index contributed by atoms with van der Waals surface area (Å²) in [6.07, 6.45) is 13.8. The van der Waals surface area contributed by atoms with Crippen LogP contribution in [0.2, 0.25) is 0 Å². The van der Waals surface area contributed by atoms with Gasteiger partial charge in [-0.15, -0.1) is 0 Å². The third-order valence-corrected chi connectivity index (χ3v) is 4.54. The van der Waals surface area contributed by atoms with E-state index in [-0.39, 0.29) is 4.75 Å². The number of rotatable bonds is 2. The minimum atomic E-state index is 0.265. The SMILES string of the molecule is CCCC1(C)CCCCCCCC(C)(S)C1. The van der Waals surface area contributed by atoms with Crippen molar-refractivity contribution >= 4 is 12.6 Å². The molecule has 0 radical (unpaired) electrons. The van der Waals surface area contributed by atoms with Gasteiger partial charge in [-0.1, -0.05) is 59.3 Å². The lowest BCUT2D eigenvalue weighted by Crippen LogP contribution is -2.29. The Morgan fingerprint density at radius 2 is 1.50 bits per heavy atom. The summed E-state index contributed by atoms with van der Waals surface area (Å²) in [7, 11) is 0. The molecule has 0 aliphatic heterocycles. The zero-order valence-corrected chi connectivity index (χ0v) is 12.4. The lowest BCUT2D eigenvalue weighted by atomic mass is 9.72. The summed E-state index contributed by atoms with van der Waals surface area (Å²) < 4.78 is 0.265. The quantitative estimate of drug-likeness (QED) is 0.597. The van der Waals surface area contributed by atoms with Gasteiger partial charge in [-0.2, -0.15) is 12.6 Å². The Bertz CT molecular complexity index is 198. The van der Waals surface area contributed by atoms with Gasteiger partial charge in [0.15, 0.2) is 0 Å². The van der Waals surface area contributed by atoms with Crippen molar-refractivity contribution in [3.63, 3.8) is 0 Å². The van der Waals surface area contributed by atoms with Crippen LogP contribution in [0.15, 0.2) is 0 Å². The first-order chi connectivity index (χ1) is 7.47. The highest BCUT2D eigenvalue weighted by molar-refractivity contribution is 7.81. The van der Waals surface area contributed by atoms with Crippen LogP contribution in [-0.4, -0.2) is 4.75 Å². The molecule has 0 heterocycles. The Kier molecular flexibility index (Phi) is 5.70. The predicted octanol–water partition coefficient (Wildman–Crippen LogP) is 5.62. The van der Waals surface area contributed by atoms with Crippen LogP contribution >= 0.6 is 12.6 Å². The van der Waals surface area contributed by atoms with Gasteiger partial charge in [0, 0.05) is 4.75 Å². The van der Waals surface area contributed by atoms with Gasteiger partial charge in [0.25, 0.3) is 0 Å². The highest BCUT2D eigenvalue weighted by atomic mass is 32.1. The van der Waals surface area contributed by atoms with Crippen LogP contribution in [0, 0.1) is 5.41 Å².